The van der Waals surface area contributed by atoms with E-state index in [1.807, 2.05) is 0 Å². The van der Waals surface area contributed by atoms with E-state index < -0.39 is 16.8 Å². The van der Waals surface area contributed by atoms with Gasteiger partial charge in [-0.1, -0.05) is 12.1 Å². The van der Waals surface area contributed by atoms with Crippen LogP contribution in [-0.2, 0) is 4.79 Å². The SMILES string of the molecule is Cc1ccc(C(C)C(=O)O)cc1[N+](=O)[O-]. The number of nitro groups is 1. The van der Waals surface area contributed by atoms with E-state index in [9.17, 15) is 14.9 Å². The summed E-state index contributed by atoms with van der Waals surface area (Å²) < 4.78 is 0. The summed E-state index contributed by atoms with van der Waals surface area (Å²) in [6, 6.07) is 4.47. The number of carboxylic acid groups (broad SMARTS) is 1. The molecule has 0 aliphatic heterocycles. The maximum atomic E-state index is 10.7. The van der Waals surface area contributed by atoms with Crippen molar-refractivity contribution in [1.82, 2.24) is 0 Å². The fourth-order valence-corrected chi connectivity index (χ4v) is 1.24. The zero-order chi connectivity index (χ0) is 11.6. The minimum Gasteiger partial charge on any atom is -0.481 e. The van der Waals surface area contributed by atoms with E-state index in [1.165, 1.54) is 13.0 Å². The van der Waals surface area contributed by atoms with Crippen molar-refractivity contribution in [3.05, 3.63) is 39.4 Å². The monoisotopic (exact) mass is 209 g/mol. The molecule has 0 fully saturated rings. The molecule has 0 amide bonds. The smallest absolute Gasteiger partial charge is 0.310 e. The van der Waals surface area contributed by atoms with Crippen LogP contribution >= 0.6 is 0 Å². The van der Waals surface area contributed by atoms with Gasteiger partial charge in [-0.15, -0.1) is 0 Å². The van der Waals surface area contributed by atoms with Crippen LogP contribution in [0.15, 0.2) is 18.2 Å². The second-order valence-corrected chi connectivity index (χ2v) is 3.36. The summed E-state index contributed by atoms with van der Waals surface area (Å²) in [5.41, 5.74) is 0.932. The lowest BCUT2D eigenvalue weighted by atomic mass is 9.99. The maximum Gasteiger partial charge on any atom is 0.310 e. The number of hydrogen-bond donors (Lipinski definition) is 1. The van der Waals surface area contributed by atoms with E-state index in [0.29, 0.717) is 11.1 Å². The molecule has 0 bridgehead atoms. The molecule has 1 atom stereocenters. The molecular formula is C10H11NO4. The average Bonchev–Trinajstić information content (AvgIpc) is 2.16. The van der Waals surface area contributed by atoms with Crippen LogP contribution in [0.2, 0.25) is 0 Å². The van der Waals surface area contributed by atoms with Gasteiger partial charge < -0.3 is 5.11 Å². The Labute approximate surface area is 86.5 Å². The molecule has 15 heavy (non-hydrogen) atoms. The second kappa shape index (κ2) is 4.08. The minimum absolute atomic E-state index is 0.0411. The van der Waals surface area contributed by atoms with E-state index in [-0.39, 0.29) is 5.69 Å². The summed E-state index contributed by atoms with van der Waals surface area (Å²) in [7, 11) is 0. The lowest BCUT2D eigenvalue weighted by molar-refractivity contribution is -0.385. The highest BCUT2D eigenvalue weighted by molar-refractivity contribution is 5.75. The van der Waals surface area contributed by atoms with Crippen LogP contribution in [0.4, 0.5) is 5.69 Å². The Kier molecular flexibility index (Phi) is 3.04. The van der Waals surface area contributed by atoms with Gasteiger partial charge in [-0.2, -0.15) is 0 Å². The Balaban J connectivity index is 3.18. The molecule has 0 aliphatic carbocycles. The van der Waals surface area contributed by atoms with Crippen molar-refractivity contribution >= 4 is 11.7 Å². The van der Waals surface area contributed by atoms with Gasteiger partial charge in [0.25, 0.3) is 5.69 Å². The van der Waals surface area contributed by atoms with E-state index in [2.05, 4.69) is 0 Å². The van der Waals surface area contributed by atoms with Crippen LogP contribution in [0.1, 0.15) is 24.0 Å². The van der Waals surface area contributed by atoms with Gasteiger partial charge in [0, 0.05) is 11.6 Å². The van der Waals surface area contributed by atoms with E-state index in [4.69, 9.17) is 5.11 Å². The molecule has 80 valence electrons. The van der Waals surface area contributed by atoms with E-state index in [0.717, 1.165) is 0 Å². The molecule has 5 nitrogen and oxygen atoms in total. The number of benzene rings is 1. The number of rotatable bonds is 3. The van der Waals surface area contributed by atoms with Gasteiger partial charge in [-0.25, -0.2) is 0 Å². The lowest BCUT2D eigenvalue weighted by Crippen LogP contribution is -2.07. The summed E-state index contributed by atoms with van der Waals surface area (Å²) >= 11 is 0. The molecular weight excluding hydrogens is 198 g/mol. The average molecular weight is 209 g/mol. The summed E-state index contributed by atoms with van der Waals surface area (Å²) in [6.45, 7) is 3.12. The second-order valence-electron chi connectivity index (χ2n) is 3.36. The Morgan fingerprint density at radius 3 is 2.60 bits per heavy atom. The van der Waals surface area contributed by atoms with Crippen LogP contribution in [0.25, 0.3) is 0 Å². The molecule has 0 heterocycles. The van der Waals surface area contributed by atoms with Crippen LogP contribution in [0.3, 0.4) is 0 Å². The van der Waals surface area contributed by atoms with Crippen molar-refractivity contribution in [2.75, 3.05) is 0 Å². The number of carboxylic acids is 1. The number of nitro benzene ring substituents is 1. The van der Waals surface area contributed by atoms with Crippen LogP contribution in [0, 0.1) is 17.0 Å². The molecule has 1 N–H and O–H groups in total. The van der Waals surface area contributed by atoms with Gasteiger partial charge in [0.15, 0.2) is 0 Å². The summed E-state index contributed by atoms with van der Waals surface area (Å²) in [4.78, 5) is 20.8. The molecule has 1 rings (SSSR count). The molecule has 0 aliphatic rings. The molecule has 0 aromatic heterocycles. The predicted octanol–water partition coefficient (Wildman–Crippen LogP) is 2.09. The third kappa shape index (κ3) is 2.31. The van der Waals surface area contributed by atoms with Gasteiger partial charge in [0.2, 0.25) is 0 Å². The Morgan fingerprint density at radius 2 is 2.13 bits per heavy atom. The molecule has 0 saturated heterocycles. The van der Waals surface area contributed by atoms with Gasteiger partial charge in [0.05, 0.1) is 10.8 Å². The number of hydrogen-bond acceptors (Lipinski definition) is 3. The van der Waals surface area contributed by atoms with Crippen molar-refractivity contribution in [2.45, 2.75) is 19.8 Å². The van der Waals surface area contributed by atoms with Gasteiger partial charge in [-0.3, -0.25) is 14.9 Å². The lowest BCUT2D eigenvalue weighted by Gasteiger charge is -2.06. The van der Waals surface area contributed by atoms with Crippen molar-refractivity contribution in [3.8, 4) is 0 Å². The molecule has 0 spiro atoms. The summed E-state index contributed by atoms with van der Waals surface area (Å²) in [5, 5.41) is 19.4. The highest BCUT2D eigenvalue weighted by atomic mass is 16.6. The van der Waals surface area contributed by atoms with Crippen molar-refractivity contribution in [2.24, 2.45) is 0 Å². The third-order valence-electron chi connectivity index (χ3n) is 2.30. The third-order valence-corrected chi connectivity index (χ3v) is 2.30. The molecule has 5 heteroatoms. The quantitative estimate of drug-likeness (QED) is 0.610. The summed E-state index contributed by atoms with van der Waals surface area (Å²) in [6.07, 6.45) is 0. The molecule has 0 radical (unpaired) electrons. The molecule has 0 saturated carbocycles. The Bertz CT molecular complexity index is 414. The Hall–Kier alpha value is -1.91. The fourth-order valence-electron chi connectivity index (χ4n) is 1.24. The van der Waals surface area contributed by atoms with Gasteiger partial charge in [-0.05, 0) is 19.4 Å². The van der Waals surface area contributed by atoms with Crippen molar-refractivity contribution in [3.63, 3.8) is 0 Å². The van der Waals surface area contributed by atoms with Crippen LogP contribution in [-0.4, -0.2) is 16.0 Å². The first-order chi connectivity index (χ1) is 6.93. The number of carbonyl (C=O) groups is 1. The highest BCUT2D eigenvalue weighted by Crippen LogP contribution is 2.24. The highest BCUT2D eigenvalue weighted by Gasteiger charge is 2.18. The Morgan fingerprint density at radius 1 is 1.53 bits per heavy atom. The standard InChI is InChI=1S/C10H11NO4/c1-6-3-4-8(7(2)10(12)13)5-9(6)11(14)15/h3-5,7H,1-2H3,(H,12,13). The number of aryl methyl sites for hydroxylation is 1. The number of aliphatic carboxylic acids is 1. The summed E-state index contributed by atoms with van der Waals surface area (Å²) in [5.74, 6) is -1.72. The van der Waals surface area contributed by atoms with E-state index in [1.54, 1.807) is 19.1 Å². The van der Waals surface area contributed by atoms with Gasteiger partial charge >= 0.3 is 5.97 Å². The topological polar surface area (TPSA) is 80.4 Å². The number of nitrogens with zero attached hydrogens (tertiary/aromatic N) is 1. The maximum absolute atomic E-state index is 10.7. The van der Waals surface area contributed by atoms with Crippen LogP contribution in [0.5, 0.6) is 0 Å². The predicted molar refractivity (Wildman–Crippen MR) is 53.9 cm³/mol. The normalized spacial score (nSPS) is 12.1. The first-order valence-corrected chi connectivity index (χ1v) is 4.41. The molecule has 1 aromatic rings. The zero-order valence-corrected chi connectivity index (χ0v) is 8.43. The molecule has 1 unspecified atom stereocenters. The van der Waals surface area contributed by atoms with E-state index >= 15 is 0 Å². The fraction of sp³-hybridized carbons (Fsp3) is 0.300. The minimum atomic E-state index is -0.992. The first-order valence-electron chi connectivity index (χ1n) is 4.41. The van der Waals surface area contributed by atoms with Crippen LogP contribution < -0.4 is 0 Å². The molecule has 1 aromatic carbocycles. The van der Waals surface area contributed by atoms with Crippen molar-refractivity contribution in [1.29, 1.82) is 0 Å². The largest absolute Gasteiger partial charge is 0.481 e. The van der Waals surface area contributed by atoms with Gasteiger partial charge in [0.1, 0.15) is 0 Å². The zero-order valence-electron chi connectivity index (χ0n) is 8.43. The first kappa shape index (κ1) is 11.2. The van der Waals surface area contributed by atoms with Crippen molar-refractivity contribution < 1.29 is 14.8 Å².